The molecule has 0 aliphatic rings. The first-order chi connectivity index (χ1) is 29.0. The maximum absolute atomic E-state index is 12.7. The van der Waals surface area contributed by atoms with Crippen molar-refractivity contribution in [1.29, 1.82) is 0 Å². The van der Waals surface area contributed by atoms with Gasteiger partial charge in [0.2, 0.25) is 0 Å². The largest absolute Gasteiger partial charge is 0.756 e. The summed E-state index contributed by atoms with van der Waals surface area (Å²) in [5.74, 6) is -0.994. The lowest BCUT2D eigenvalue weighted by Gasteiger charge is -2.28. The van der Waals surface area contributed by atoms with Crippen molar-refractivity contribution in [3.63, 3.8) is 0 Å². The first kappa shape index (κ1) is 56.9. The second kappa shape index (κ2) is 41.3. The molecule has 0 saturated heterocycles. The van der Waals surface area contributed by atoms with Crippen LogP contribution in [0.3, 0.4) is 0 Å². The number of quaternary nitrogens is 1. The molecule has 342 valence electrons. The number of ether oxygens (including phenoxy) is 2. The fraction of sp³-hybridized carbons (Fsp3) is 0.640. The molecule has 0 saturated carbocycles. The van der Waals surface area contributed by atoms with Gasteiger partial charge in [-0.25, -0.2) is 0 Å². The molecule has 1 unspecified atom stereocenters. The maximum atomic E-state index is 12.7. The number of hydrogen-bond acceptors (Lipinski definition) is 8. The average Bonchev–Trinajstić information content (AvgIpc) is 3.20. The topological polar surface area (TPSA) is 111 Å². The molecule has 0 radical (unpaired) electrons. The Kier molecular flexibility index (Phi) is 39.2. The lowest BCUT2D eigenvalue weighted by molar-refractivity contribution is -0.870. The molecule has 9 nitrogen and oxygen atoms in total. The fourth-order valence-corrected chi connectivity index (χ4v) is 6.27. The number of rotatable bonds is 40. The van der Waals surface area contributed by atoms with Crippen LogP contribution in [0.15, 0.2) is 97.2 Å². The van der Waals surface area contributed by atoms with Crippen LogP contribution >= 0.6 is 7.82 Å². The lowest BCUT2D eigenvalue weighted by atomic mass is 10.1. The van der Waals surface area contributed by atoms with Crippen molar-refractivity contribution in [3.05, 3.63) is 97.2 Å². The number of nitrogens with zero attached hydrogens (tertiary/aromatic N) is 1. The van der Waals surface area contributed by atoms with E-state index in [1.807, 2.05) is 33.3 Å². The van der Waals surface area contributed by atoms with Crippen LogP contribution in [0.1, 0.15) is 155 Å². The standard InChI is InChI=1S/C50H84NO8P/c1-6-8-10-12-14-16-18-20-22-24-25-27-29-31-33-35-37-39-41-43-50(53)59-48(47-58-60(54,55)57-45-44-51(3,4)5)46-56-49(52)42-40-38-36-34-32-30-28-26-23-21-19-17-15-13-11-9-7-2/h8,10,14,16,20,22,25,27-28,30-31,33-34,36-37,39,48H,6-7,9,11-13,15,17-19,21,23-24,26,29,32,35,38,40-47H2,1-5H3/b10-8+,16-14+,22-20+,27-25+,30-28+,33-31+,36-34+,39-37+/t48-/m1/s1. The molecule has 0 aliphatic heterocycles. The Bertz CT molecular complexity index is 1340. The van der Waals surface area contributed by atoms with E-state index in [9.17, 15) is 19.0 Å². The van der Waals surface area contributed by atoms with Gasteiger partial charge in [0, 0.05) is 12.8 Å². The van der Waals surface area contributed by atoms with Gasteiger partial charge in [-0.05, 0) is 77.0 Å². The number of hydrogen-bond donors (Lipinski definition) is 0. The molecular weight excluding hydrogens is 774 g/mol. The van der Waals surface area contributed by atoms with E-state index in [4.69, 9.17) is 18.5 Å². The Morgan fingerprint density at radius 1 is 0.533 bits per heavy atom. The quantitative estimate of drug-likeness (QED) is 0.0197. The lowest BCUT2D eigenvalue weighted by Crippen LogP contribution is -2.37. The smallest absolute Gasteiger partial charge is 0.306 e. The van der Waals surface area contributed by atoms with E-state index in [1.165, 1.54) is 57.8 Å². The number of phosphoric acid groups is 1. The van der Waals surface area contributed by atoms with E-state index in [0.717, 1.165) is 57.8 Å². The molecule has 0 bridgehead atoms. The van der Waals surface area contributed by atoms with Crippen LogP contribution in [0.4, 0.5) is 0 Å². The Hall–Kier alpha value is -3.07. The fourth-order valence-electron chi connectivity index (χ4n) is 5.54. The first-order valence-corrected chi connectivity index (χ1v) is 24.4. The molecule has 0 aromatic heterocycles. The molecule has 60 heavy (non-hydrogen) atoms. The van der Waals surface area contributed by atoms with Gasteiger partial charge in [0.15, 0.2) is 6.10 Å². The van der Waals surface area contributed by atoms with Gasteiger partial charge in [-0.2, -0.15) is 0 Å². The number of carbonyl (C=O) groups is 2. The van der Waals surface area contributed by atoms with E-state index in [2.05, 4.69) is 98.9 Å². The third kappa shape index (κ3) is 44.5. The third-order valence-corrected chi connectivity index (χ3v) is 10.1. The maximum Gasteiger partial charge on any atom is 0.306 e. The molecule has 2 atom stereocenters. The highest BCUT2D eigenvalue weighted by Gasteiger charge is 2.21. The monoisotopic (exact) mass is 858 g/mol. The highest BCUT2D eigenvalue weighted by molar-refractivity contribution is 7.45. The van der Waals surface area contributed by atoms with Crippen molar-refractivity contribution >= 4 is 19.8 Å². The van der Waals surface area contributed by atoms with Crippen molar-refractivity contribution in [1.82, 2.24) is 0 Å². The van der Waals surface area contributed by atoms with E-state index in [-0.39, 0.29) is 26.1 Å². The predicted molar refractivity (Wildman–Crippen MR) is 249 cm³/mol. The normalized spacial score (nSPS) is 14.4. The minimum Gasteiger partial charge on any atom is -0.756 e. The molecule has 0 spiro atoms. The Morgan fingerprint density at radius 2 is 0.983 bits per heavy atom. The summed E-state index contributed by atoms with van der Waals surface area (Å²) in [5, 5.41) is 0. The van der Waals surface area contributed by atoms with Crippen molar-refractivity contribution < 1.29 is 42.1 Å². The molecule has 10 heteroatoms. The van der Waals surface area contributed by atoms with E-state index >= 15 is 0 Å². The highest BCUT2D eigenvalue weighted by Crippen LogP contribution is 2.38. The van der Waals surface area contributed by atoms with Crippen LogP contribution in [-0.4, -0.2) is 70.0 Å². The van der Waals surface area contributed by atoms with Crippen molar-refractivity contribution in [2.24, 2.45) is 0 Å². The van der Waals surface area contributed by atoms with Gasteiger partial charge in [-0.15, -0.1) is 0 Å². The van der Waals surface area contributed by atoms with Crippen LogP contribution in [0, 0.1) is 0 Å². The summed E-state index contributed by atoms with van der Waals surface area (Å²) >= 11 is 0. The van der Waals surface area contributed by atoms with Gasteiger partial charge < -0.3 is 27.9 Å². The van der Waals surface area contributed by atoms with Gasteiger partial charge in [-0.1, -0.05) is 162 Å². The summed E-state index contributed by atoms with van der Waals surface area (Å²) in [5.41, 5.74) is 0. The minimum absolute atomic E-state index is 0.0558. The highest BCUT2D eigenvalue weighted by atomic mass is 31.2. The summed E-state index contributed by atoms with van der Waals surface area (Å²) in [6, 6.07) is 0. The summed E-state index contributed by atoms with van der Waals surface area (Å²) in [6.45, 7) is 3.96. The van der Waals surface area contributed by atoms with Crippen LogP contribution in [0.25, 0.3) is 0 Å². The number of esters is 2. The van der Waals surface area contributed by atoms with E-state index in [1.54, 1.807) is 0 Å². The molecular formula is C50H84NO8P. The van der Waals surface area contributed by atoms with E-state index in [0.29, 0.717) is 23.9 Å². The number of phosphoric ester groups is 1. The molecule has 0 aliphatic carbocycles. The van der Waals surface area contributed by atoms with Crippen molar-refractivity contribution in [2.45, 2.75) is 161 Å². The summed E-state index contributed by atoms with van der Waals surface area (Å²) in [4.78, 5) is 37.5. The molecule has 0 N–H and O–H groups in total. The zero-order chi connectivity index (χ0) is 44.3. The number of carbonyl (C=O) groups excluding carboxylic acids is 2. The van der Waals surface area contributed by atoms with Gasteiger partial charge in [0.1, 0.15) is 19.8 Å². The molecule has 0 fully saturated rings. The summed E-state index contributed by atoms with van der Waals surface area (Å²) < 4.78 is 33.8. The predicted octanol–water partition coefficient (Wildman–Crippen LogP) is 12.7. The molecule has 0 rings (SSSR count). The SMILES string of the molecule is CC/C=C/C/C=C/C/C=C/C/C=C/C/C=C/C/C=C/CCC(=O)O[C@H](COC(=O)CCC/C=C/C/C=C/CCCCCCCCCCC)COP(=O)([O-])OCC[N+](C)(C)C. The third-order valence-electron chi connectivity index (χ3n) is 9.10. The molecule has 0 aromatic carbocycles. The van der Waals surface area contributed by atoms with Crippen LogP contribution in [-0.2, 0) is 32.7 Å². The second-order valence-corrected chi connectivity index (χ2v) is 17.4. The van der Waals surface area contributed by atoms with Crippen LogP contribution in [0.2, 0.25) is 0 Å². The average molecular weight is 858 g/mol. The van der Waals surface area contributed by atoms with Crippen molar-refractivity contribution in [2.75, 3.05) is 47.5 Å². The molecule has 0 heterocycles. The Labute approximate surface area is 366 Å². The Morgan fingerprint density at radius 3 is 1.48 bits per heavy atom. The number of likely N-dealkylation sites (N-methyl/N-ethyl adjacent to an activating group) is 1. The van der Waals surface area contributed by atoms with Crippen molar-refractivity contribution in [3.8, 4) is 0 Å². The van der Waals surface area contributed by atoms with Gasteiger partial charge in [0.05, 0.1) is 27.7 Å². The summed E-state index contributed by atoms with van der Waals surface area (Å²) in [7, 11) is 1.08. The first-order valence-electron chi connectivity index (χ1n) is 22.9. The number of allylic oxidation sites excluding steroid dienone is 16. The zero-order valence-corrected chi connectivity index (χ0v) is 39.3. The van der Waals surface area contributed by atoms with Crippen LogP contribution < -0.4 is 4.89 Å². The van der Waals surface area contributed by atoms with Gasteiger partial charge in [-0.3, -0.25) is 14.2 Å². The molecule has 0 aromatic rings. The second-order valence-electron chi connectivity index (χ2n) is 16.0. The summed E-state index contributed by atoms with van der Waals surface area (Å²) in [6.07, 6.45) is 54.6. The zero-order valence-electron chi connectivity index (χ0n) is 38.4. The Balaban J connectivity index is 4.54. The minimum atomic E-state index is -4.66. The van der Waals surface area contributed by atoms with Gasteiger partial charge in [0.25, 0.3) is 7.82 Å². The number of unbranched alkanes of at least 4 members (excludes halogenated alkanes) is 10. The van der Waals surface area contributed by atoms with Gasteiger partial charge >= 0.3 is 11.9 Å². The molecule has 0 amide bonds. The van der Waals surface area contributed by atoms with Crippen LogP contribution in [0.5, 0.6) is 0 Å². The van der Waals surface area contributed by atoms with E-state index < -0.39 is 32.5 Å².